The van der Waals surface area contributed by atoms with Crippen LogP contribution in [0.2, 0.25) is 0 Å². The van der Waals surface area contributed by atoms with Crippen LogP contribution < -0.4 is 0 Å². The largest absolute Gasteiger partial charge is 0.286 e. The lowest BCUT2D eigenvalue weighted by atomic mass is 10.0. The van der Waals surface area contributed by atoms with Gasteiger partial charge in [0.2, 0.25) is 0 Å². The second kappa shape index (κ2) is 4.72. The number of benzene rings is 1. The first-order valence-corrected chi connectivity index (χ1v) is 6.17. The third-order valence-electron chi connectivity index (χ3n) is 1.99. The molecular weight excluding hydrogens is 219 g/mol. The van der Waals surface area contributed by atoms with Gasteiger partial charge in [0.15, 0.2) is 0 Å². The van der Waals surface area contributed by atoms with E-state index in [2.05, 4.69) is 0 Å². The minimum atomic E-state index is -3.93. The van der Waals surface area contributed by atoms with Gasteiger partial charge >= 0.3 is 0 Å². The molecule has 0 bridgehead atoms. The molecule has 0 aromatic heterocycles. The molecule has 5 heteroatoms. The molecule has 0 aliphatic carbocycles. The lowest BCUT2D eigenvalue weighted by Crippen LogP contribution is -2.14. The third kappa shape index (κ3) is 4.90. The van der Waals surface area contributed by atoms with Crippen molar-refractivity contribution in [3.05, 3.63) is 35.6 Å². The summed E-state index contributed by atoms with van der Waals surface area (Å²) in [4.78, 5) is 0. The number of halogens is 1. The lowest BCUT2D eigenvalue weighted by Gasteiger charge is -2.08. The Balaban J connectivity index is 2.59. The Hall–Kier alpha value is -0.940. The van der Waals surface area contributed by atoms with E-state index in [4.69, 9.17) is 4.55 Å². The highest BCUT2D eigenvalue weighted by Gasteiger charge is 2.12. The average Bonchev–Trinajstić information content (AvgIpc) is 2.05. The Morgan fingerprint density at radius 2 is 1.87 bits per heavy atom. The molecule has 0 fully saturated rings. The molecule has 15 heavy (non-hydrogen) atoms. The molecule has 0 aliphatic rings. The predicted octanol–water partition coefficient (Wildman–Crippen LogP) is 1.89. The first-order chi connectivity index (χ1) is 6.87. The van der Waals surface area contributed by atoms with Crippen molar-refractivity contribution < 1.29 is 17.4 Å². The zero-order valence-corrected chi connectivity index (χ0v) is 9.17. The molecule has 1 N–H and O–H groups in total. The summed E-state index contributed by atoms with van der Waals surface area (Å²) < 4.78 is 42.3. The van der Waals surface area contributed by atoms with E-state index in [9.17, 15) is 12.8 Å². The smallest absolute Gasteiger partial charge is 0.265 e. The molecular formula is C10H13FO3S. The van der Waals surface area contributed by atoms with Gasteiger partial charge in [-0.05, 0) is 30.0 Å². The summed E-state index contributed by atoms with van der Waals surface area (Å²) in [6.07, 6.45) is 0.500. The van der Waals surface area contributed by atoms with Crippen LogP contribution in [0.4, 0.5) is 4.39 Å². The van der Waals surface area contributed by atoms with Gasteiger partial charge in [-0.1, -0.05) is 19.1 Å². The highest BCUT2D eigenvalue weighted by atomic mass is 32.2. The van der Waals surface area contributed by atoms with Gasteiger partial charge in [-0.3, -0.25) is 4.55 Å². The van der Waals surface area contributed by atoms with Gasteiger partial charge in [-0.15, -0.1) is 0 Å². The molecule has 0 amide bonds. The van der Waals surface area contributed by atoms with Crippen LogP contribution in [-0.4, -0.2) is 18.7 Å². The predicted molar refractivity (Wildman–Crippen MR) is 55.7 cm³/mol. The lowest BCUT2D eigenvalue weighted by molar-refractivity contribution is 0.468. The van der Waals surface area contributed by atoms with E-state index in [0.717, 1.165) is 5.56 Å². The van der Waals surface area contributed by atoms with E-state index in [1.165, 1.54) is 12.1 Å². The maximum absolute atomic E-state index is 12.6. The molecule has 1 aromatic rings. The zero-order valence-electron chi connectivity index (χ0n) is 8.35. The molecule has 0 saturated heterocycles. The van der Waals surface area contributed by atoms with Crippen molar-refractivity contribution in [2.75, 3.05) is 5.75 Å². The molecule has 0 saturated carbocycles. The molecule has 1 aromatic carbocycles. The standard InChI is InChI=1S/C10H13FO3S/c1-8(7-15(12,13)14)6-9-2-4-10(11)5-3-9/h2-5,8H,6-7H2,1H3,(H,12,13,14). The van der Waals surface area contributed by atoms with Gasteiger partial charge in [0.05, 0.1) is 5.75 Å². The summed E-state index contributed by atoms with van der Waals surface area (Å²) in [6.45, 7) is 1.72. The average molecular weight is 232 g/mol. The number of hydrogen-bond donors (Lipinski definition) is 1. The Morgan fingerprint density at radius 1 is 1.33 bits per heavy atom. The van der Waals surface area contributed by atoms with E-state index in [1.54, 1.807) is 19.1 Å². The maximum atomic E-state index is 12.6. The van der Waals surface area contributed by atoms with Crippen LogP contribution in [0.5, 0.6) is 0 Å². The van der Waals surface area contributed by atoms with Crippen molar-refractivity contribution in [3.63, 3.8) is 0 Å². The first kappa shape index (κ1) is 12.1. The normalized spacial score (nSPS) is 13.8. The van der Waals surface area contributed by atoms with E-state index < -0.39 is 10.1 Å². The van der Waals surface area contributed by atoms with Crippen molar-refractivity contribution in [1.29, 1.82) is 0 Å². The van der Waals surface area contributed by atoms with E-state index in [-0.39, 0.29) is 17.5 Å². The Morgan fingerprint density at radius 3 is 2.33 bits per heavy atom. The van der Waals surface area contributed by atoms with Crippen LogP contribution in [0, 0.1) is 11.7 Å². The van der Waals surface area contributed by atoms with Crippen LogP contribution in [0.25, 0.3) is 0 Å². The fraction of sp³-hybridized carbons (Fsp3) is 0.400. The van der Waals surface area contributed by atoms with E-state index >= 15 is 0 Å². The second-order valence-corrected chi connectivity index (χ2v) is 5.18. The molecule has 0 aliphatic heterocycles. The van der Waals surface area contributed by atoms with Gasteiger partial charge < -0.3 is 0 Å². The molecule has 0 radical (unpaired) electrons. The summed E-state index contributed by atoms with van der Waals surface area (Å²) in [5, 5.41) is 0. The Labute approximate surface area is 88.7 Å². The van der Waals surface area contributed by atoms with Crippen LogP contribution >= 0.6 is 0 Å². The fourth-order valence-corrected chi connectivity index (χ4v) is 2.28. The summed E-state index contributed by atoms with van der Waals surface area (Å²) in [5.74, 6) is -0.781. The highest BCUT2D eigenvalue weighted by molar-refractivity contribution is 7.85. The summed E-state index contributed by atoms with van der Waals surface area (Å²) in [7, 11) is -3.93. The summed E-state index contributed by atoms with van der Waals surface area (Å²) in [6, 6.07) is 5.87. The summed E-state index contributed by atoms with van der Waals surface area (Å²) >= 11 is 0. The van der Waals surface area contributed by atoms with Gasteiger partial charge in [0.25, 0.3) is 10.1 Å². The van der Waals surface area contributed by atoms with Gasteiger partial charge in [-0.2, -0.15) is 8.42 Å². The van der Waals surface area contributed by atoms with Crippen molar-refractivity contribution >= 4 is 10.1 Å². The second-order valence-electron chi connectivity index (χ2n) is 3.68. The Bertz CT molecular complexity index is 411. The zero-order chi connectivity index (χ0) is 11.5. The van der Waals surface area contributed by atoms with E-state index in [1.807, 2.05) is 0 Å². The topological polar surface area (TPSA) is 54.4 Å². The van der Waals surface area contributed by atoms with Crippen LogP contribution in [0.1, 0.15) is 12.5 Å². The maximum Gasteiger partial charge on any atom is 0.265 e. The molecule has 3 nitrogen and oxygen atoms in total. The quantitative estimate of drug-likeness (QED) is 0.806. The molecule has 0 spiro atoms. The van der Waals surface area contributed by atoms with Crippen molar-refractivity contribution in [3.8, 4) is 0 Å². The summed E-state index contributed by atoms with van der Waals surface area (Å²) in [5.41, 5.74) is 0.854. The highest BCUT2D eigenvalue weighted by Crippen LogP contribution is 2.11. The molecule has 1 atom stereocenters. The SMILES string of the molecule is CC(Cc1ccc(F)cc1)CS(=O)(=O)O. The van der Waals surface area contributed by atoms with Crippen molar-refractivity contribution in [1.82, 2.24) is 0 Å². The van der Waals surface area contributed by atoms with Gasteiger partial charge in [0, 0.05) is 0 Å². The van der Waals surface area contributed by atoms with Crippen LogP contribution in [0.3, 0.4) is 0 Å². The molecule has 1 unspecified atom stereocenters. The third-order valence-corrected chi connectivity index (χ3v) is 2.98. The molecule has 0 heterocycles. The van der Waals surface area contributed by atoms with Crippen molar-refractivity contribution in [2.24, 2.45) is 5.92 Å². The minimum absolute atomic E-state index is 0.189. The Kier molecular flexibility index (Phi) is 3.82. The van der Waals surface area contributed by atoms with Gasteiger partial charge in [-0.25, -0.2) is 4.39 Å². The van der Waals surface area contributed by atoms with Crippen LogP contribution in [-0.2, 0) is 16.5 Å². The molecule has 84 valence electrons. The van der Waals surface area contributed by atoms with Gasteiger partial charge in [0.1, 0.15) is 5.82 Å². The van der Waals surface area contributed by atoms with E-state index in [0.29, 0.717) is 6.42 Å². The first-order valence-electron chi connectivity index (χ1n) is 4.56. The van der Waals surface area contributed by atoms with Crippen LogP contribution in [0.15, 0.2) is 24.3 Å². The number of hydrogen-bond acceptors (Lipinski definition) is 2. The fourth-order valence-electron chi connectivity index (χ4n) is 1.44. The van der Waals surface area contributed by atoms with Crippen molar-refractivity contribution in [2.45, 2.75) is 13.3 Å². The minimum Gasteiger partial charge on any atom is -0.286 e. The molecule has 1 rings (SSSR count). The monoisotopic (exact) mass is 232 g/mol. The number of rotatable bonds is 4.